The average molecular weight is 355 g/mol. The number of carbonyl (C=O) groups is 1. The van der Waals surface area contributed by atoms with Gasteiger partial charge in [0.1, 0.15) is 5.02 Å². The Morgan fingerprint density at radius 3 is 2.48 bits per heavy atom. The molecule has 0 aromatic heterocycles. The zero-order valence-corrected chi connectivity index (χ0v) is 13.4. The first-order chi connectivity index (χ1) is 10.7. The zero-order chi connectivity index (χ0) is 17.2. The van der Waals surface area contributed by atoms with Gasteiger partial charge in [-0.1, -0.05) is 23.7 Å². The van der Waals surface area contributed by atoms with E-state index < -0.39 is 20.7 Å². The van der Waals surface area contributed by atoms with Crippen LogP contribution in [0.2, 0.25) is 5.02 Å². The molecule has 0 fully saturated rings. The normalized spacial score (nSPS) is 11.0. The van der Waals surface area contributed by atoms with Crippen molar-refractivity contribution in [2.24, 2.45) is 0 Å². The lowest BCUT2D eigenvalue weighted by molar-refractivity contribution is -0.384. The smallest absolute Gasteiger partial charge is 0.289 e. The number of nitro benzene ring substituents is 1. The van der Waals surface area contributed by atoms with E-state index in [1.165, 1.54) is 36.4 Å². The van der Waals surface area contributed by atoms with Gasteiger partial charge in [0.05, 0.1) is 15.4 Å². The highest BCUT2D eigenvalue weighted by molar-refractivity contribution is 7.90. The van der Waals surface area contributed by atoms with Gasteiger partial charge < -0.3 is 5.32 Å². The minimum atomic E-state index is -3.59. The van der Waals surface area contributed by atoms with Crippen molar-refractivity contribution in [1.82, 2.24) is 0 Å². The molecule has 0 spiro atoms. The predicted octanol–water partition coefficient (Wildman–Crippen LogP) is 2.90. The Balaban J connectivity index is 2.38. The van der Waals surface area contributed by atoms with Gasteiger partial charge >= 0.3 is 0 Å². The highest BCUT2D eigenvalue weighted by Gasteiger charge is 2.19. The van der Waals surface area contributed by atoms with Crippen molar-refractivity contribution in [3.63, 3.8) is 0 Å². The number of amides is 1. The number of rotatable bonds is 4. The molecule has 0 unspecified atom stereocenters. The third-order valence-corrected chi connectivity index (χ3v) is 4.41. The van der Waals surface area contributed by atoms with Gasteiger partial charge in [0.25, 0.3) is 11.6 Å². The Kier molecular flexibility index (Phi) is 4.67. The number of carbonyl (C=O) groups excluding carboxylic acids is 1. The minimum absolute atomic E-state index is 0.0485. The molecule has 0 saturated carbocycles. The monoisotopic (exact) mass is 354 g/mol. The molecule has 9 heteroatoms. The molecule has 23 heavy (non-hydrogen) atoms. The standard InChI is InChI=1S/C14H11ClN2O5S/c1-23(21,22)13-5-3-2-4-10(13)14(18)16-9-6-7-11(15)12(8-9)17(19)20/h2-8H,1H3,(H,16,18). The average Bonchev–Trinajstić information content (AvgIpc) is 2.48. The van der Waals surface area contributed by atoms with Crippen LogP contribution in [0, 0.1) is 10.1 Å². The molecule has 0 aliphatic rings. The molecular formula is C14H11ClN2O5S. The molecule has 1 N–H and O–H groups in total. The molecule has 2 aromatic rings. The summed E-state index contributed by atoms with van der Waals surface area (Å²) >= 11 is 5.70. The van der Waals surface area contributed by atoms with Crippen molar-refractivity contribution in [1.29, 1.82) is 0 Å². The lowest BCUT2D eigenvalue weighted by Crippen LogP contribution is -2.16. The van der Waals surface area contributed by atoms with Crippen LogP contribution in [0.15, 0.2) is 47.4 Å². The maximum absolute atomic E-state index is 12.3. The molecule has 0 atom stereocenters. The second-order valence-electron chi connectivity index (χ2n) is 4.65. The highest BCUT2D eigenvalue weighted by atomic mass is 35.5. The molecule has 7 nitrogen and oxygen atoms in total. The predicted molar refractivity (Wildman–Crippen MR) is 85.6 cm³/mol. The molecule has 0 radical (unpaired) electrons. The largest absolute Gasteiger partial charge is 0.322 e. The molecule has 0 heterocycles. The van der Waals surface area contributed by atoms with E-state index in [4.69, 9.17) is 11.6 Å². The van der Waals surface area contributed by atoms with E-state index in [1.807, 2.05) is 0 Å². The van der Waals surface area contributed by atoms with Crippen LogP contribution in [-0.2, 0) is 9.84 Å². The van der Waals surface area contributed by atoms with E-state index >= 15 is 0 Å². The Hall–Kier alpha value is -2.45. The third kappa shape index (κ3) is 3.85. The first-order valence-electron chi connectivity index (χ1n) is 6.24. The molecule has 1 amide bonds. The molecule has 2 aromatic carbocycles. The summed E-state index contributed by atoms with van der Waals surface area (Å²) in [6.45, 7) is 0. The van der Waals surface area contributed by atoms with Crippen molar-refractivity contribution in [2.75, 3.05) is 11.6 Å². The molecule has 0 saturated heterocycles. The summed E-state index contributed by atoms with van der Waals surface area (Å²) in [6, 6.07) is 9.45. The van der Waals surface area contributed by atoms with E-state index in [0.29, 0.717) is 0 Å². The number of sulfone groups is 1. The molecule has 0 aliphatic carbocycles. The summed E-state index contributed by atoms with van der Waals surface area (Å²) in [4.78, 5) is 22.3. The fourth-order valence-electron chi connectivity index (χ4n) is 1.91. The van der Waals surface area contributed by atoms with Crippen molar-refractivity contribution < 1.29 is 18.1 Å². The lowest BCUT2D eigenvalue weighted by atomic mass is 10.2. The highest BCUT2D eigenvalue weighted by Crippen LogP contribution is 2.28. The molecule has 0 bridgehead atoms. The number of halogens is 1. The quantitative estimate of drug-likeness (QED) is 0.671. The van der Waals surface area contributed by atoms with Gasteiger partial charge in [0.15, 0.2) is 9.84 Å². The number of hydrogen-bond acceptors (Lipinski definition) is 5. The number of nitrogens with one attached hydrogen (secondary N) is 1. The second kappa shape index (κ2) is 6.35. The summed E-state index contributed by atoms with van der Waals surface area (Å²) in [6.07, 6.45) is 0.992. The topological polar surface area (TPSA) is 106 Å². The van der Waals surface area contributed by atoms with E-state index in [2.05, 4.69) is 5.32 Å². The van der Waals surface area contributed by atoms with Gasteiger partial charge in [-0.05, 0) is 24.3 Å². The van der Waals surface area contributed by atoms with E-state index in [0.717, 1.165) is 12.3 Å². The number of nitro groups is 1. The Labute approximate surface area is 137 Å². The van der Waals surface area contributed by atoms with Gasteiger partial charge in [0, 0.05) is 18.0 Å². The van der Waals surface area contributed by atoms with Crippen molar-refractivity contribution in [3.8, 4) is 0 Å². The zero-order valence-electron chi connectivity index (χ0n) is 11.8. The molecule has 120 valence electrons. The maximum Gasteiger partial charge on any atom is 0.289 e. The minimum Gasteiger partial charge on any atom is -0.322 e. The van der Waals surface area contributed by atoms with Crippen LogP contribution in [0.25, 0.3) is 0 Å². The number of nitrogens with zero attached hydrogens (tertiary/aromatic N) is 1. The van der Waals surface area contributed by atoms with Crippen LogP contribution in [-0.4, -0.2) is 25.5 Å². The summed E-state index contributed by atoms with van der Waals surface area (Å²) in [7, 11) is -3.59. The van der Waals surface area contributed by atoms with Crippen molar-refractivity contribution in [2.45, 2.75) is 4.90 Å². The van der Waals surface area contributed by atoms with Gasteiger partial charge in [-0.15, -0.1) is 0 Å². The van der Waals surface area contributed by atoms with Gasteiger partial charge in [0.2, 0.25) is 0 Å². The fraction of sp³-hybridized carbons (Fsp3) is 0.0714. The van der Waals surface area contributed by atoms with Gasteiger partial charge in [-0.2, -0.15) is 0 Å². The van der Waals surface area contributed by atoms with Crippen LogP contribution >= 0.6 is 11.6 Å². The summed E-state index contributed by atoms with van der Waals surface area (Å²) in [5.41, 5.74) is -0.275. The molecular weight excluding hydrogens is 344 g/mol. The summed E-state index contributed by atoms with van der Waals surface area (Å²) in [5.74, 6) is -0.692. The molecule has 2 rings (SSSR count). The summed E-state index contributed by atoms with van der Waals surface area (Å²) in [5, 5.41) is 13.2. The van der Waals surface area contributed by atoms with E-state index in [1.54, 1.807) is 0 Å². The second-order valence-corrected chi connectivity index (χ2v) is 7.04. The lowest BCUT2D eigenvalue weighted by Gasteiger charge is -2.09. The van der Waals surface area contributed by atoms with Crippen LogP contribution in [0.4, 0.5) is 11.4 Å². The first-order valence-corrected chi connectivity index (χ1v) is 8.51. The number of benzene rings is 2. The van der Waals surface area contributed by atoms with E-state index in [-0.39, 0.29) is 26.9 Å². The van der Waals surface area contributed by atoms with Gasteiger partial charge in [-0.3, -0.25) is 14.9 Å². The van der Waals surface area contributed by atoms with Crippen molar-refractivity contribution in [3.05, 3.63) is 63.2 Å². The van der Waals surface area contributed by atoms with Crippen LogP contribution < -0.4 is 5.32 Å². The number of anilines is 1. The van der Waals surface area contributed by atoms with Crippen LogP contribution in [0.5, 0.6) is 0 Å². The third-order valence-electron chi connectivity index (χ3n) is 2.93. The Morgan fingerprint density at radius 1 is 1.22 bits per heavy atom. The fourth-order valence-corrected chi connectivity index (χ4v) is 2.98. The Morgan fingerprint density at radius 2 is 1.87 bits per heavy atom. The molecule has 0 aliphatic heterocycles. The number of hydrogen-bond donors (Lipinski definition) is 1. The van der Waals surface area contributed by atoms with Crippen LogP contribution in [0.1, 0.15) is 10.4 Å². The maximum atomic E-state index is 12.3. The summed E-state index contributed by atoms with van der Waals surface area (Å²) < 4.78 is 23.4. The first kappa shape index (κ1) is 16.9. The van der Waals surface area contributed by atoms with Gasteiger partial charge in [-0.25, -0.2) is 8.42 Å². The van der Waals surface area contributed by atoms with Crippen molar-refractivity contribution >= 4 is 38.7 Å². The van der Waals surface area contributed by atoms with Crippen LogP contribution in [0.3, 0.4) is 0 Å². The SMILES string of the molecule is CS(=O)(=O)c1ccccc1C(=O)Nc1ccc(Cl)c([N+](=O)[O-])c1. The van der Waals surface area contributed by atoms with E-state index in [9.17, 15) is 23.3 Å². The Bertz CT molecular complexity index is 896.